The Morgan fingerprint density at radius 1 is 0.941 bits per heavy atom. The van der Waals surface area contributed by atoms with Crippen molar-refractivity contribution in [1.29, 1.82) is 0 Å². The van der Waals surface area contributed by atoms with Crippen LogP contribution in [0, 0.1) is 5.92 Å². The molecule has 1 aromatic rings. The van der Waals surface area contributed by atoms with E-state index in [0.717, 1.165) is 12.4 Å². The van der Waals surface area contributed by atoms with Crippen LogP contribution in [0.3, 0.4) is 0 Å². The zero-order valence-electron chi connectivity index (χ0n) is 11.4. The Bertz CT molecular complexity index is 301. The lowest BCUT2D eigenvalue weighted by molar-refractivity contribution is 0.0819. The number of hydrogen-bond donors (Lipinski definition) is 0. The molecule has 17 heavy (non-hydrogen) atoms. The third-order valence-corrected chi connectivity index (χ3v) is 2.49. The number of ether oxygens (including phenoxy) is 2. The van der Waals surface area contributed by atoms with E-state index in [1.54, 1.807) is 0 Å². The first-order chi connectivity index (χ1) is 8.09. The van der Waals surface area contributed by atoms with Crippen molar-refractivity contribution >= 4 is 0 Å². The monoisotopic (exact) mass is 236 g/mol. The van der Waals surface area contributed by atoms with Crippen LogP contribution < -0.4 is 4.74 Å². The van der Waals surface area contributed by atoms with Gasteiger partial charge in [-0.1, -0.05) is 39.8 Å². The smallest absolute Gasteiger partial charge is 0.119 e. The van der Waals surface area contributed by atoms with E-state index in [1.165, 1.54) is 5.56 Å². The second kappa shape index (κ2) is 7.33. The van der Waals surface area contributed by atoms with Gasteiger partial charge in [0.2, 0.25) is 0 Å². The number of benzene rings is 1. The number of rotatable bonds is 7. The summed E-state index contributed by atoms with van der Waals surface area (Å²) in [6, 6.07) is 8.29. The third-order valence-electron chi connectivity index (χ3n) is 2.49. The fraction of sp³-hybridized carbons (Fsp3) is 0.600. The molecule has 0 radical (unpaired) electrons. The Morgan fingerprint density at radius 3 is 2.12 bits per heavy atom. The lowest BCUT2D eigenvalue weighted by Gasteiger charge is -2.10. The maximum absolute atomic E-state index is 5.60. The second-order valence-corrected chi connectivity index (χ2v) is 5.04. The summed E-state index contributed by atoms with van der Waals surface area (Å²) in [5, 5.41) is 0. The van der Waals surface area contributed by atoms with E-state index in [4.69, 9.17) is 9.47 Å². The SMILES string of the molecule is CC(C)COCCOc1ccc(C(C)C)cc1. The molecule has 0 saturated heterocycles. The predicted molar refractivity (Wildman–Crippen MR) is 71.7 cm³/mol. The fourth-order valence-corrected chi connectivity index (χ4v) is 1.49. The molecule has 0 aromatic heterocycles. The summed E-state index contributed by atoms with van der Waals surface area (Å²) in [5.41, 5.74) is 1.34. The highest BCUT2D eigenvalue weighted by atomic mass is 16.5. The molecule has 0 fully saturated rings. The van der Waals surface area contributed by atoms with Crippen LogP contribution >= 0.6 is 0 Å². The lowest BCUT2D eigenvalue weighted by Crippen LogP contribution is -2.10. The van der Waals surface area contributed by atoms with Gasteiger partial charge in [-0.25, -0.2) is 0 Å². The normalized spacial score (nSPS) is 11.2. The molecule has 0 unspecified atom stereocenters. The van der Waals surface area contributed by atoms with Crippen LogP contribution in [0.1, 0.15) is 39.2 Å². The molecule has 0 aliphatic heterocycles. The number of hydrogen-bond acceptors (Lipinski definition) is 2. The zero-order valence-corrected chi connectivity index (χ0v) is 11.4. The van der Waals surface area contributed by atoms with Crippen LogP contribution in [0.25, 0.3) is 0 Å². The van der Waals surface area contributed by atoms with Crippen LogP contribution in [0.4, 0.5) is 0 Å². The van der Waals surface area contributed by atoms with Crippen LogP contribution in [-0.2, 0) is 4.74 Å². The van der Waals surface area contributed by atoms with Gasteiger partial charge in [-0.15, -0.1) is 0 Å². The summed E-state index contributed by atoms with van der Waals surface area (Å²) in [6.45, 7) is 10.7. The lowest BCUT2D eigenvalue weighted by atomic mass is 10.0. The molecule has 0 N–H and O–H groups in total. The van der Waals surface area contributed by atoms with Gasteiger partial charge in [0.15, 0.2) is 0 Å². The van der Waals surface area contributed by atoms with Crippen LogP contribution in [-0.4, -0.2) is 19.8 Å². The summed E-state index contributed by atoms with van der Waals surface area (Å²) in [4.78, 5) is 0. The predicted octanol–water partition coefficient (Wildman–Crippen LogP) is 3.86. The molecule has 96 valence electrons. The van der Waals surface area contributed by atoms with Gasteiger partial charge in [0, 0.05) is 6.61 Å². The van der Waals surface area contributed by atoms with Gasteiger partial charge in [-0.2, -0.15) is 0 Å². The van der Waals surface area contributed by atoms with Gasteiger partial charge in [-0.05, 0) is 29.5 Å². The average Bonchev–Trinajstić information content (AvgIpc) is 2.29. The quantitative estimate of drug-likeness (QED) is 0.669. The van der Waals surface area contributed by atoms with E-state index >= 15 is 0 Å². The van der Waals surface area contributed by atoms with E-state index < -0.39 is 0 Å². The summed E-state index contributed by atoms with van der Waals surface area (Å²) in [7, 11) is 0. The molecular formula is C15H24O2. The molecule has 0 heterocycles. The Morgan fingerprint density at radius 2 is 1.59 bits per heavy atom. The van der Waals surface area contributed by atoms with E-state index in [9.17, 15) is 0 Å². The van der Waals surface area contributed by atoms with Crippen molar-refractivity contribution < 1.29 is 9.47 Å². The Kier molecular flexibility index (Phi) is 6.06. The Labute approximate surface area is 105 Å². The van der Waals surface area contributed by atoms with Crippen molar-refractivity contribution in [3.05, 3.63) is 29.8 Å². The minimum atomic E-state index is 0.568. The summed E-state index contributed by atoms with van der Waals surface area (Å²) < 4.78 is 11.1. The minimum Gasteiger partial charge on any atom is -0.491 e. The van der Waals surface area contributed by atoms with Crippen molar-refractivity contribution in [1.82, 2.24) is 0 Å². The fourth-order valence-electron chi connectivity index (χ4n) is 1.49. The van der Waals surface area contributed by atoms with E-state index in [2.05, 4.69) is 39.8 Å². The molecular weight excluding hydrogens is 212 g/mol. The average molecular weight is 236 g/mol. The van der Waals surface area contributed by atoms with Crippen molar-refractivity contribution in [3.63, 3.8) is 0 Å². The van der Waals surface area contributed by atoms with Crippen molar-refractivity contribution in [2.75, 3.05) is 19.8 Å². The summed E-state index contributed by atoms with van der Waals surface area (Å²) >= 11 is 0. The van der Waals surface area contributed by atoms with Gasteiger partial charge in [0.25, 0.3) is 0 Å². The third kappa shape index (κ3) is 5.73. The summed E-state index contributed by atoms with van der Waals surface area (Å²) in [6.07, 6.45) is 0. The van der Waals surface area contributed by atoms with Crippen LogP contribution in [0.5, 0.6) is 5.75 Å². The molecule has 0 spiro atoms. The van der Waals surface area contributed by atoms with Gasteiger partial charge in [0.1, 0.15) is 12.4 Å². The largest absolute Gasteiger partial charge is 0.491 e. The Balaban J connectivity index is 2.23. The van der Waals surface area contributed by atoms with Crippen LogP contribution in [0.2, 0.25) is 0 Å². The van der Waals surface area contributed by atoms with E-state index in [0.29, 0.717) is 25.0 Å². The van der Waals surface area contributed by atoms with Crippen molar-refractivity contribution in [2.24, 2.45) is 5.92 Å². The first-order valence-electron chi connectivity index (χ1n) is 6.40. The molecule has 0 bridgehead atoms. The zero-order chi connectivity index (χ0) is 12.7. The maximum Gasteiger partial charge on any atom is 0.119 e. The first kappa shape index (κ1) is 14.0. The van der Waals surface area contributed by atoms with E-state index in [1.807, 2.05) is 12.1 Å². The van der Waals surface area contributed by atoms with Crippen molar-refractivity contribution in [3.8, 4) is 5.75 Å². The van der Waals surface area contributed by atoms with Gasteiger partial charge in [0.05, 0.1) is 6.61 Å². The van der Waals surface area contributed by atoms with Gasteiger partial charge >= 0.3 is 0 Å². The second-order valence-electron chi connectivity index (χ2n) is 5.04. The molecule has 0 saturated carbocycles. The van der Waals surface area contributed by atoms with Gasteiger partial charge < -0.3 is 9.47 Å². The first-order valence-corrected chi connectivity index (χ1v) is 6.40. The molecule has 1 aromatic carbocycles. The molecule has 0 aliphatic carbocycles. The minimum absolute atomic E-state index is 0.568. The highest BCUT2D eigenvalue weighted by Gasteiger charge is 1.99. The molecule has 2 heteroatoms. The maximum atomic E-state index is 5.60. The molecule has 2 nitrogen and oxygen atoms in total. The summed E-state index contributed by atoms with van der Waals surface area (Å²) in [5.74, 6) is 2.07. The molecule has 0 amide bonds. The molecule has 0 atom stereocenters. The van der Waals surface area contributed by atoms with Crippen LogP contribution in [0.15, 0.2) is 24.3 Å². The van der Waals surface area contributed by atoms with E-state index in [-0.39, 0.29) is 0 Å². The standard InChI is InChI=1S/C15H24O2/c1-12(2)11-16-9-10-17-15-7-5-14(6-8-15)13(3)4/h5-8,12-13H,9-11H2,1-4H3. The Hall–Kier alpha value is -1.02. The highest BCUT2D eigenvalue weighted by Crippen LogP contribution is 2.18. The molecule has 0 aliphatic rings. The van der Waals surface area contributed by atoms with Crippen molar-refractivity contribution in [2.45, 2.75) is 33.6 Å². The topological polar surface area (TPSA) is 18.5 Å². The molecule has 1 rings (SSSR count). The van der Waals surface area contributed by atoms with Gasteiger partial charge in [-0.3, -0.25) is 0 Å². The highest BCUT2D eigenvalue weighted by molar-refractivity contribution is 5.28.